The number of hydrogen-bond acceptors (Lipinski definition) is 0. The van der Waals surface area contributed by atoms with Crippen LogP contribution in [0, 0.1) is 19.8 Å². The Hall–Kier alpha value is -1.76. The lowest BCUT2D eigenvalue weighted by Gasteiger charge is -2.16. The number of aromatic nitrogens is 1. The molecule has 3 aromatic rings. The van der Waals surface area contributed by atoms with Gasteiger partial charge in [-0.05, 0) is 43.0 Å². The third-order valence-electron chi connectivity index (χ3n) is 4.77. The van der Waals surface area contributed by atoms with Crippen molar-refractivity contribution in [3.8, 4) is 0 Å². The van der Waals surface area contributed by atoms with E-state index in [-0.39, 0.29) is 0 Å². The topological polar surface area (TPSA) is 4.93 Å². The fourth-order valence-corrected chi connectivity index (χ4v) is 3.32. The first kappa shape index (κ1) is 14.2. The standard InChI is InChI=1S/C20H25N/c1-5-16(6-2)13-21-19-11-14(3)7-9-17(19)18-10-8-15(4)12-20(18)21/h7-12,16H,5-6,13H2,1-4H3. The zero-order valence-corrected chi connectivity index (χ0v) is 13.6. The number of benzene rings is 2. The van der Waals surface area contributed by atoms with Gasteiger partial charge in [0.25, 0.3) is 0 Å². The molecule has 0 saturated carbocycles. The molecule has 0 bridgehead atoms. The highest BCUT2D eigenvalue weighted by atomic mass is 15.0. The molecule has 1 aromatic heterocycles. The molecule has 0 atom stereocenters. The van der Waals surface area contributed by atoms with Gasteiger partial charge in [-0.3, -0.25) is 0 Å². The second kappa shape index (κ2) is 5.55. The van der Waals surface area contributed by atoms with Crippen molar-refractivity contribution in [1.82, 2.24) is 4.57 Å². The van der Waals surface area contributed by atoms with Gasteiger partial charge in [0.2, 0.25) is 0 Å². The van der Waals surface area contributed by atoms with E-state index < -0.39 is 0 Å². The van der Waals surface area contributed by atoms with Gasteiger partial charge in [-0.25, -0.2) is 0 Å². The van der Waals surface area contributed by atoms with E-state index in [1.54, 1.807) is 0 Å². The third-order valence-corrected chi connectivity index (χ3v) is 4.77. The first-order chi connectivity index (χ1) is 10.1. The van der Waals surface area contributed by atoms with Crippen LogP contribution in [0.25, 0.3) is 21.8 Å². The first-order valence-corrected chi connectivity index (χ1v) is 8.13. The van der Waals surface area contributed by atoms with E-state index in [4.69, 9.17) is 0 Å². The molecule has 0 aliphatic rings. The third kappa shape index (κ3) is 2.46. The van der Waals surface area contributed by atoms with Gasteiger partial charge in [-0.1, -0.05) is 51.0 Å². The Kier molecular flexibility index (Phi) is 3.75. The molecule has 0 N–H and O–H groups in total. The molecule has 0 radical (unpaired) electrons. The van der Waals surface area contributed by atoms with Gasteiger partial charge >= 0.3 is 0 Å². The Balaban J connectivity index is 2.30. The summed E-state index contributed by atoms with van der Waals surface area (Å²) in [5, 5.41) is 2.78. The molecule has 3 rings (SSSR count). The van der Waals surface area contributed by atoms with Crippen LogP contribution in [-0.4, -0.2) is 4.57 Å². The quantitative estimate of drug-likeness (QED) is 0.564. The van der Waals surface area contributed by atoms with Crippen molar-refractivity contribution >= 4 is 21.8 Å². The minimum Gasteiger partial charge on any atom is -0.340 e. The number of hydrogen-bond donors (Lipinski definition) is 0. The van der Waals surface area contributed by atoms with Crippen LogP contribution in [-0.2, 0) is 6.54 Å². The van der Waals surface area contributed by atoms with E-state index >= 15 is 0 Å². The Morgan fingerprint density at radius 2 is 1.29 bits per heavy atom. The van der Waals surface area contributed by atoms with E-state index in [2.05, 4.69) is 68.7 Å². The van der Waals surface area contributed by atoms with E-state index in [1.807, 2.05) is 0 Å². The molecule has 1 nitrogen and oxygen atoms in total. The largest absolute Gasteiger partial charge is 0.340 e. The summed E-state index contributed by atoms with van der Waals surface area (Å²) in [7, 11) is 0. The second-order valence-corrected chi connectivity index (χ2v) is 6.33. The summed E-state index contributed by atoms with van der Waals surface area (Å²) in [6, 6.07) is 13.7. The Labute approximate surface area is 127 Å². The zero-order chi connectivity index (χ0) is 15.0. The van der Waals surface area contributed by atoms with Gasteiger partial charge in [-0.15, -0.1) is 0 Å². The van der Waals surface area contributed by atoms with Crippen LogP contribution in [0.1, 0.15) is 37.8 Å². The smallest absolute Gasteiger partial charge is 0.0494 e. The number of fused-ring (bicyclic) bond motifs is 3. The van der Waals surface area contributed by atoms with E-state index in [0.717, 1.165) is 12.5 Å². The number of aryl methyl sites for hydroxylation is 2. The Bertz CT molecular complexity index is 716. The highest BCUT2D eigenvalue weighted by Crippen LogP contribution is 2.31. The fraction of sp³-hybridized carbons (Fsp3) is 0.400. The molecule has 0 amide bonds. The number of rotatable bonds is 4. The first-order valence-electron chi connectivity index (χ1n) is 8.13. The minimum atomic E-state index is 0.754. The van der Waals surface area contributed by atoms with Crippen LogP contribution in [0.3, 0.4) is 0 Å². The summed E-state index contributed by atoms with van der Waals surface area (Å²) in [4.78, 5) is 0. The summed E-state index contributed by atoms with van der Waals surface area (Å²) in [5.74, 6) is 0.754. The molecule has 2 aromatic carbocycles. The lowest BCUT2D eigenvalue weighted by molar-refractivity contribution is 0.431. The van der Waals surface area contributed by atoms with Crippen LogP contribution in [0.5, 0.6) is 0 Å². The predicted octanol–water partition coefficient (Wildman–Crippen LogP) is 5.85. The number of nitrogens with zero attached hydrogens (tertiary/aromatic N) is 1. The molecule has 0 saturated heterocycles. The van der Waals surface area contributed by atoms with Crippen LogP contribution in [0.4, 0.5) is 0 Å². The maximum absolute atomic E-state index is 2.54. The molecule has 0 aliphatic heterocycles. The van der Waals surface area contributed by atoms with E-state index in [0.29, 0.717) is 0 Å². The molecule has 1 heterocycles. The van der Waals surface area contributed by atoms with Gasteiger partial charge in [0.15, 0.2) is 0 Å². The molecular weight excluding hydrogens is 254 g/mol. The Morgan fingerprint density at radius 3 is 1.71 bits per heavy atom. The Morgan fingerprint density at radius 1 is 0.810 bits per heavy atom. The van der Waals surface area contributed by atoms with Crippen molar-refractivity contribution in [2.75, 3.05) is 0 Å². The zero-order valence-electron chi connectivity index (χ0n) is 13.6. The van der Waals surface area contributed by atoms with Crippen molar-refractivity contribution in [3.05, 3.63) is 47.5 Å². The summed E-state index contributed by atoms with van der Waals surface area (Å²) >= 11 is 0. The van der Waals surface area contributed by atoms with Gasteiger partial charge in [0.05, 0.1) is 0 Å². The highest BCUT2D eigenvalue weighted by Gasteiger charge is 2.13. The van der Waals surface area contributed by atoms with Gasteiger partial charge in [0, 0.05) is 28.4 Å². The van der Waals surface area contributed by atoms with Crippen LogP contribution in [0.15, 0.2) is 36.4 Å². The predicted molar refractivity (Wildman–Crippen MR) is 93.0 cm³/mol. The molecule has 110 valence electrons. The minimum absolute atomic E-state index is 0.754. The lowest BCUT2D eigenvalue weighted by Crippen LogP contribution is -2.09. The highest BCUT2D eigenvalue weighted by molar-refractivity contribution is 6.08. The van der Waals surface area contributed by atoms with Crippen LogP contribution >= 0.6 is 0 Å². The second-order valence-electron chi connectivity index (χ2n) is 6.33. The van der Waals surface area contributed by atoms with Crippen molar-refractivity contribution in [2.45, 2.75) is 47.1 Å². The van der Waals surface area contributed by atoms with E-state index in [1.165, 1.54) is 45.8 Å². The maximum atomic E-state index is 2.54. The maximum Gasteiger partial charge on any atom is 0.0494 e. The monoisotopic (exact) mass is 279 g/mol. The fourth-order valence-electron chi connectivity index (χ4n) is 3.32. The van der Waals surface area contributed by atoms with Gasteiger partial charge in [-0.2, -0.15) is 0 Å². The van der Waals surface area contributed by atoms with Crippen molar-refractivity contribution in [1.29, 1.82) is 0 Å². The molecule has 0 unspecified atom stereocenters. The average Bonchev–Trinajstić information content (AvgIpc) is 2.77. The molecule has 0 fully saturated rings. The van der Waals surface area contributed by atoms with Gasteiger partial charge in [0.1, 0.15) is 0 Å². The summed E-state index contributed by atoms with van der Waals surface area (Å²) in [6.07, 6.45) is 2.49. The van der Waals surface area contributed by atoms with E-state index in [9.17, 15) is 0 Å². The molecule has 1 heteroatoms. The molecule has 0 aliphatic carbocycles. The summed E-state index contributed by atoms with van der Waals surface area (Å²) in [5.41, 5.74) is 5.46. The van der Waals surface area contributed by atoms with Crippen molar-refractivity contribution in [3.63, 3.8) is 0 Å². The average molecular weight is 279 g/mol. The molecule has 21 heavy (non-hydrogen) atoms. The normalized spacial score (nSPS) is 11.9. The SMILES string of the molecule is CCC(CC)Cn1c2cc(C)ccc2c2ccc(C)cc21. The molecule has 0 spiro atoms. The lowest BCUT2D eigenvalue weighted by atomic mass is 10.0. The van der Waals surface area contributed by atoms with Crippen LogP contribution in [0.2, 0.25) is 0 Å². The summed E-state index contributed by atoms with van der Waals surface area (Å²) in [6.45, 7) is 10.1. The van der Waals surface area contributed by atoms with Crippen molar-refractivity contribution < 1.29 is 0 Å². The summed E-state index contributed by atoms with van der Waals surface area (Å²) < 4.78 is 2.54. The molecular formula is C20H25N. The van der Waals surface area contributed by atoms with Crippen LogP contribution < -0.4 is 0 Å². The van der Waals surface area contributed by atoms with Gasteiger partial charge < -0.3 is 4.57 Å². The van der Waals surface area contributed by atoms with Crippen molar-refractivity contribution in [2.24, 2.45) is 5.92 Å².